The number of rotatable bonds is 4. The lowest BCUT2D eigenvalue weighted by atomic mass is 10.1. The van der Waals surface area contributed by atoms with Gasteiger partial charge >= 0.3 is 12.4 Å². The fraction of sp³-hybridized carbons (Fsp3) is 0.211. The van der Waals surface area contributed by atoms with Gasteiger partial charge in [-0.3, -0.25) is 0 Å². The molecule has 0 bridgehead atoms. The van der Waals surface area contributed by atoms with Crippen LogP contribution in [0.1, 0.15) is 11.3 Å². The van der Waals surface area contributed by atoms with Crippen molar-refractivity contribution < 1.29 is 35.1 Å². The Morgan fingerprint density at radius 2 is 1.67 bits per heavy atom. The summed E-state index contributed by atoms with van der Waals surface area (Å²) in [5.41, 5.74) is -1.62. The van der Waals surface area contributed by atoms with Crippen LogP contribution in [0.15, 0.2) is 47.4 Å². The smallest absolute Gasteiger partial charge is 0.229 e. The number of aromatic nitrogens is 2. The van der Waals surface area contributed by atoms with Gasteiger partial charge in [0.15, 0.2) is 17.3 Å². The minimum atomic E-state index is -4.87. The first-order chi connectivity index (χ1) is 13.9. The highest BCUT2D eigenvalue weighted by molar-refractivity contribution is 7.99. The molecule has 2 nitrogen and oxygen atoms in total. The molecule has 0 saturated carbocycles. The van der Waals surface area contributed by atoms with Crippen LogP contribution in [0.3, 0.4) is 0 Å². The van der Waals surface area contributed by atoms with Gasteiger partial charge in [-0.2, -0.15) is 31.4 Å². The molecule has 1 aromatic heterocycles. The van der Waals surface area contributed by atoms with E-state index < -0.39 is 41.1 Å². The Bertz CT molecular complexity index is 1070. The Kier molecular flexibility index (Phi) is 5.85. The monoisotopic (exact) mass is 452 g/mol. The number of nitrogens with zero attached hydrogens (tertiary/aromatic N) is 2. The van der Waals surface area contributed by atoms with E-state index in [-0.39, 0.29) is 16.2 Å². The van der Waals surface area contributed by atoms with Gasteiger partial charge in [-0.1, -0.05) is 18.2 Å². The van der Waals surface area contributed by atoms with E-state index in [4.69, 9.17) is 0 Å². The zero-order valence-electron chi connectivity index (χ0n) is 15.1. The molecule has 1 heterocycles. The third kappa shape index (κ3) is 4.77. The van der Waals surface area contributed by atoms with Crippen LogP contribution in [0, 0.1) is 18.6 Å². The van der Waals surface area contributed by atoms with Crippen molar-refractivity contribution in [3.8, 4) is 16.9 Å². The molecule has 0 radical (unpaired) electrons. The largest absolute Gasteiger partial charge is 0.435 e. The van der Waals surface area contributed by atoms with Crippen LogP contribution in [0.25, 0.3) is 16.9 Å². The molecule has 0 aliphatic carbocycles. The molecule has 0 amide bonds. The molecule has 30 heavy (non-hydrogen) atoms. The number of hydrogen-bond donors (Lipinski definition) is 0. The molecule has 0 saturated heterocycles. The van der Waals surface area contributed by atoms with Gasteiger partial charge in [-0.25, -0.2) is 13.5 Å². The van der Waals surface area contributed by atoms with E-state index in [0.29, 0.717) is 28.1 Å². The molecule has 0 spiro atoms. The Balaban J connectivity index is 2.16. The lowest BCUT2D eigenvalue weighted by molar-refractivity contribution is -0.141. The molecule has 0 N–H and O–H groups in total. The Hall–Kier alpha value is -2.56. The maximum Gasteiger partial charge on any atom is 0.435 e. The zero-order chi connectivity index (χ0) is 22.3. The van der Waals surface area contributed by atoms with Gasteiger partial charge in [0.25, 0.3) is 0 Å². The van der Waals surface area contributed by atoms with Crippen molar-refractivity contribution in [3.63, 3.8) is 0 Å². The summed E-state index contributed by atoms with van der Waals surface area (Å²) < 4.78 is 106. The van der Waals surface area contributed by atoms with E-state index in [9.17, 15) is 35.1 Å². The van der Waals surface area contributed by atoms with Gasteiger partial charge in [0.05, 0.1) is 11.4 Å². The van der Waals surface area contributed by atoms with Crippen LogP contribution >= 0.6 is 11.8 Å². The molecule has 2 aromatic carbocycles. The predicted octanol–water partition coefficient (Wildman–Crippen LogP) is 6.80. The van der Waals surface area contributed by atoms with E-state index in [2.05, 4.69) is 5.10 Å². The van der Waals surface area contributed by atoms with Gasteiger partial charge in [0.2, 0.25) is 0 Å². The number of hydrogen-bond acceptors (Lipinski definition) is 2. The van der Waals surface area contributed by atoms with Crippen LogP contribution in [0.2, 0.25) is 0 Å². The highest BCUT2D eigenvalue weighted by Gasteiger charge is 2.36. The fourth-order valence-corrected chi connectivity index (χ4v) is 3.46. The second-order valence-electron chi connectivity index (χ2n) is 6.28. The molecule has 3 rings (SSSR count). The number of alkyl halides is 6. The Morgan fingerprint density at radius 1 is 0.967 bits per heavy atom. The van der Waals surface area contributed by atoms with Crippen molar-refractivity contribution in [1.29, 1.82) is 0 Å². The van der Waals surface area contributed by atoms with Gasteiger partial charge in [0, 0.05) is 10.5 Å². The topological polar surface area (TPSA) is 17.8 Å². The molecular weight excluding hydrogens is 440 g/mol. The van der Waals surface area contributed by atoms with Crippen molar-refractivity contribution in [2.75, 3.05) is 5.75 Å². The number of thioether (sulfide) groups is 1. The van der Waals surface area contributed by atoms with Crippen molar-refractivity contribution >= 4 is 11.8 Å². The minimum absolute atomic E-state index is 0.0666. The summed E-state index contributed by atoms with van der Waals surface area (Å²) in [5, 5.41) is 3.37. The first kappa shape index (κ1) is 22.1. The highest BCUT2D eigenvalue weighted by atomic mass is 32.2. The summed E-state index contributed by atoms with van der Waals surface area (Å²) in [4.78, 5) is 0.186. The van der Waals surface area contributed by atoms with Crippen molar-refractivity contribution in [2.45, 2.75) is 24.2 Å². The summed E-state index contributed by atoms with van der Waals surface area (Å²) in [6, 6.07) is 7.64. The maximum atomic E-state index is 14.2. The summed E-state index contributed by atoms with van der Waals surface area (Å²) >= 11 is 0.471. The molecule has 0 aliphatic rings. The average Bonchev–Trinajstić information content (AvgIpc) is 3.08. The van der Waals surface area contributed by atoms with Crippen molar-refractivity contribution in [3.05, 3.63) is 65.4 Å². The van der Waals surface area contributed by atoms with Gasteiger partial charge in [-0.05, 0) is 36.8 Å². The number of aryl methyl sites for hydroxylation is 1. The second-order valence-corrected chi connectivity index (χ2v) is 7.30. The molecule has 0 atom stereocenters. The molecule has 3 aromatic rings. The van der Waals surface area contributed by atoms with Crippen molar-refractivity contribution in [2.24, 2.45) is 0 Å². The Labute approximate surface area is 169 Å². The molecule has 11 heteroatoms. The van der Waals surface area contributed by atoms with Crippen LogP contribution in [0.4, 0.5) is 35.1 Å². The lowest BCUT2D eigenvalue weighted by Gasteiger charge is -2.12. The van der Waals surface area contributed by atoms with Crippen molar-refractivity contribution in [1.82, 2.24) is 9.78 Å². The first-order valence-electron chi connectivity index (χ1n) is 8.29. The quantitative estimate of drug-likeness (QED) is 0.320. The SMILES string of the molecule is Cc1ccc(-c2cc(C(F)(F)F)nn2-c2cccc(F)c2F)cc1SCC(F)(F)F. The maximum absolute atomic E-state index is 14.2. The Morgan fingerprint density at radius 3 is 2.30 bits per heavy atom. The van der Waals surface area contributed by atoms with E-state index >= 15 is 0 Å². The van der Waals surface area contributed by atoms with Gasteiger partial charge in [-0.15, -0.1) is 11.8 Å². The van der Waals surface area contributed by atoms with E-state index in [0.717, 1.165) is 18.2 Å². The van der Waals surface area contributed by atoms with Crippen LogP contribution in [-0.4, -0.2) is 21.7 Å². The third-order valence-corrected chi connectivity index (χ3v) is 5.26. The highest BCUT2D eigenvalue weighted by Crippen LogP contribution is 2.36. The van der Waals surface area contributed by atoms with E-state index in [1.165, 1.54) is 18.2 Å². The van der Waals surface area contributed by atoms with Crippen LogP contribution in [0.5, 0.6) is 0 Å². The molecule has 0 unspecified atom stereocenters. The summed E-state index contributed by atoms with van der Waals surface area (Å²) in [6.07, 6.45) is -9.31. The van der Waals surface area contributed by atoms with E-state index in [1.54, 1.807) is 6.92 Å². The van der Waals surface area contributed by atoms with Crippen LogP contribution < -0.4 is 0 Å². The third-order valence-electron chi connectivity index (χ3n) is 4.03. The summed E-state index contributed by atoms with van der Waals surface area (Å²) in [7, 11) is 0. The minimum Gasteiger partial charge on any atom is -0.229 e. The van der Waals surface area contributed by atoms with Gasteiger partial charge in [0.1, 0.15) is 5.69 Å². The summed E-state index contributed by atoms with van der Waals surface area (Å²) in [5.74, 6) is -3.88. The first-order valence-corrected chi connectivity index (χ1v) is 9.27. The fourth-order valence-electron chi connectivity index (χ4n) is 2.64. The van der Waals surface area contributed by atoms with Crippen LogP contribution in [-0.2, 0) is 6.18 Å². The van der Waals surface area contributed by atoms with E-state index in [1.807, 2.05) is 0 Å². The zero-order valence-corrected chi connectivity index (χ0v) is 15.9. The average molecular weight is 452 g/mol. The second kappa shape index (κ2) is 7.93. The lowest BCUT2D eigenvalue weighted by Crippen LogP contribution is -2.10. The number of benzene rings is 2. The molecule has 160 valence electrons. The molecule has 0 fully saturated rings. The number of halogens is 8. The van der Waals surface area contributed by atoms with Gasteiger partial charge < -0.3 is 0 Å². The predicted molar refractivity (Wildman–Crippen MR) is 95.4 cm³/mol. The molecule has 0 aliphatic heterocycles. The normalized spacial score (nSPS) is 12.4. The summed E-state index contributed by atoms with van der Waals surface area (Å²) in [6.45, 7) is 1.55. The molecular formula is C19H12F8N2S. The standard InChI is InChI=1S/C19H12F8N2S/c1-10-5-6-11(7-15(10)30-9-18(22,23)24)14-8-16(19(25,26)27)28-29(14)13-4-2-3-12(20)17(13)21/h2-8H,9H2,1H3.